The van der Waals surface area contributed by atoms with Crippen LogP contribution >= 0.6 is 0 Å². The quantitative estimate of drug-likeness (QED) is 0.797. The molecule has 2 aromatic rings. The molecule has 0 bridgehead atoms. The third-order valence-electron chi connectivity index (χ3n) is 3.18. The second-order valence-electron chi connectivity index (χ2n) is 4.57. The van der Waals surface area contributed by atoms with Crippen LogP contribution in [-0.2, 0) is 13.1 Å². The third-order valence-corrected chi connectivity index (χ3v) is 3.18. The number of rotatable bonds is 7. The minimum Gasteiger partial charge on any atom is -0.394 e. The molecular formula is C13H21N5O. The lowest BCUT2D eigenvalue weighted by Gasteiger charge is -2.13. The van der Waals surface area contributed by atoms with Crippen molar-refractivity contribution in [2.24, 2.45) is 0 Å². The summed E-state index contributed by atoms with van der Waals surface area (Å²) in [5.41, 5.74) is 1.14. The highest BCUT2D eigenvalue weighted by atomic mass is 16.3. The van der Waals surface area contributed by atoms with Crippen molar-refractivity contribution in [2.45, 2.75) is 39.4 Å². The van der Waals surface area contributed by atoms with Gasteiger partial charge in [-0.05, 0) is 19.4 Å². The van der Waals surface area contributed by atoms with Gasteiger partial charge < -0.3 is 10.4 Å². The van der Waals surface area contributed by atoms with Gasteiger partial charge in [-0.25, -0.2) is 0 Å². The second-order valence-corrected chi connectivity index (χ2v) is 4.57. The van der Waals surface area contributed by atoms with E-state index < -0.39 is 0 Å². The Morgan fingerprint density at radius 3 is 3.00 bits per heavy atom. The molecule has 6 heteroatoms. The Balaban J connectivity index is 1.96. The SMILES string of the molecule is CC[C@@H](C)n1nccc1CNc1ccn(CCO)n1. The van der Waals surface area contributed by atoms with Gasteiger partial charge in [-0.15, -0.1) is 0 Å². The summed E-state index contributed by atoms with van der Waals surface area (Å²) < 4.78 is 3.76. The largest absolute Gasteiger partial charge is 0.394 e. The number of aliphatic hydroxyl groups is 1. The molecule has 0 aliphatic heterocycles. The minimum absolute atomic E-state index is 0.0991. The maximum absolute atomic E-state index is 8.84. The Kier molecular flexibility index (Phi) is 4.57. The zero-order chi connectivity index (χ0) is 13.7. The molecule has 0 unspecified atom stereocenters. The molecule has 0 spiro atoms. The van der Waals surface area contributed by atoms with Gasteiger partial charge in [-0.2, -0.15) is 10.2 Å². The van der Waals surface area contributed by atoms with Crippen LogP contribution in [0.2, 0.25) is 0 Å². The number of nitrogens with zero attached hydrogens (tertiary/aromatic N) is 4. The van der Waals surface area contributed by atoms with Gasteiger partial charge in [0.15, 0.2) is 0 Å². The van der Waals surface area contributed by atoms with Gasteiger partial charge in [0, 0.05) is 24.5 Å². The summed E-state index contributed by atoms with van der Waals surface area (Å²) in [6.45, 7) is 5.63. The molecule has 6 nitrogen and oxygen atoms in total. The second kappa shape index (κ2) is 6.38. The maximum atomic E-state index is 8.84. The van der Waals surface area contributed by atoms with Crippen molar-refractivity contribution in [1.82, 2.24) is 19.6 Å². The van der Waals surface area contributed by atoms with Crippen LogP contribution in [0.1, 0.15) is 32.0 Å². The zero-order valence-corrected chi connectivity index (χ0v) is 11.5. The van der Waals surface area contributed by atoms with E-state index in [1.54, 1.807) is 4.68 Å². The molecule has 2 aromatic heterocycles. The van der Waals surface area contributed by atoms with Gasteiger partial charge in [0.25, 0.3) is 0 Å². The summed E-state index contributed by atoms with van der Waals surface area (Å²) in [6.07, 6.45) is 4.73. The van der Waals surface area contributed by atoms with Gasteiger partial charge in [0.1, 0.15) is 5.82 Å². The van der Waals surface area contributed by atoms with Crippen LogP contribution in [0.25, 0.3) is 0 Å². The van der Waals surface area contributed by atoms with Crippen molar-refractivity contribution in [2.75, 3.05) is 11.9 Å². The van der Waals surface area contributed by atoms with Gasteiger partial charge >= 0.3 is 0 Å². The van der Waals surface area contributed by atoms with E-state index in [0.717, 1.165) is 17.9 Å². The lowest BCUT2D eigenvalue weighted by atomic mass is 10.2. The van der Waals surface area contributed by atoms with Crippen LogP contribution in [0.5, 0.6) is 0 Å². The van der Waals surface area contributed by atoms with Crippen molar-refractivity contribution in [1.29, 1.82) is 0 Å². The highest BCUT2D eigenvalue weighted by Crippen LogP contribution is 2.13. The molecule has 0 fully saturated rings. The van der Waals surface area contributed by atoms with E-state index in [9.17, 15) is 0 Å². The molecule has 2 rings (SSSR count). The molecule has 0 aliphatic carbocycles. The number of hydrogen-bond acceptors (Lipinski definition) is 4. The molecule has 2 heterocycles. The van der Waals surface area contributed by atoms with E-state index in [1.165, 1.54) is 0 Å². The van der Waals surface area contributed by atoms with Crippen LogP contribution in [-0.4, -0.2) is 31.3 Å². The number of anilines is 1. The number of aromatic nitrogens is 4. The fourth-order valence-electron chi connectivity index (χ4n) is 1.92. The van der Waals surface area contributed by atoms with Crippen LogP contribution in [0.4, 0.5) is 5.82 Å². The van der Waals surface area contributed by atoms with Crippen LogP contribution in [0.3, 0.4) is 0 Å². The average Bonchev–Trinajstić information content (AvgIpc) is 3.04. The highest BCUT2D eigenvalue weighted by molar-refractivity contribution is 5.32. The van der Waals surface area contributed by atoms with E-state index in [2.05, 4.69) is 29.4 Å². The third kappa shape index (κ3) is 3.35. The van der Waals surface area contributed by atoms with Crippen molar-refractivity contribution >= 4 is 5.82 Å². The summed E-state index contributed by atoms with van der Waals surface area (Å²) in [5, 5.41) is 20.8. The molecule has 0 saturated heterocycles. The van der Waals surface area contributed by atoms with Gasteiger partial charge in [0.05, 0.1) is 25.4 Å². The Bertz CT molecular complexity index is 505. The Morgan fingerprint density at radius 1 is 1.42 bits per heavy atom. The van der Waals surface area contributed by atoms with E-state index in [4.69, 9.17) is 5.11 Å². The van der Waals surface area contributed by atoms with Crippen molar-refractivity contribution < 1.29 is 5.11 Å². The van der Waals surface area contributed by atoms with E-state index >= 15 is 0 Å². The van der Waals surface area contributed by atoms with Gasteiger partial charge in [-0.3, -0.25) is 9.36 Å². The molecule has 0 saturated carbocycles. The van der Waals surface area contributed by atoms with E-state index in [1.807, 2.05) is 29.2 Å². The number of aliphatic hydroxyl groups excluding tert-OH is 1. The van der Waals surface area contributed by atoms with E-state index in [0.29, 0.717) is 19.1 Å². The predicted octanol–water partition coefficient (Wildman–Crippen LogP) is 1.65. The van der Waals surface area contributed by atoms with E-state index in [-0.39, 0.29) is 6.61 Å². The smallest absolute Gasteiger partial charge is 0.148 e. The van der Waals surface area contributed by atoms with Crippen LogP contribution in [0.15, 0.2) is 24.5 Å². The fourth-order valence-corrected chi connectivity index (χ4v) is 1.92. The lowest BCUT2D eigenvalue weighted by Crippen LogP contribution is -2.13. The topological polar surface area (TPSA) is 67.9 Å². The summed E-state index contributed by atoms with van der Waals surface area (Å²) in [7, 11) is 0. The monoisotopic (exact) mass is 263 g/mol. The summed E-state index contributed by atoms with van der Waals surface area (Å²) in [6, 6.07) is 4.32. The first kappa shape index (κ1) is 13.6. The molecule has 0 radical (unpaired) electrons. The molecule has 1 atom stereocenters. The predicted molar refractivity (Wildman–Crippen MR) is 73.9 cm³/mol. The van der Waals surface area contributed by atoms with Crippen molar-refractivity contribution in [3.05, 3.63) is 30.2 Å². The zero-order valence-electron chi connectivity index (χ0n) is 11.5. The first-order valence-corrected chi connectivity index (χ1v) is 6.65. The summed E-state index contributed by atoms with van der Waals surface area (Å²) in [5.74, 6) is 0.811. The van der Waals surface area contributed by atoms with Gasteiger partial charge in [-0.1, -0.05) is 6.92 Å². The summed E-state index contributed by atoms with van der Waals surface area (Å²) >= 11 is 0. The fraction of sp³-hybridized carbons (Fsp3) is 0.538. The van der Waals surface area contributed by atoms with Crippen LogP contribution < -0.4 is 5.32 Å². The molecule has 2 N–H and O–H groups in total. The molecule has 0 aliphatic rings. The molecule has 0 aromatic carbocycles. The van der Waals surface area contributed by atoms with Crippen LogP contribution in [0, 0.1) is 0 Å². The standard InChI is InChI=1S/C13H21N5O/c1-3-11(2)18-12(4-6-15-18)10-14-13-5-7-17(16-13)8-9-19/h4-7,11,19H,3,8-10H2,1-2H3,(H,14,16)/t11-/m1/s1. The Labute approximate surface area is 113 Å². The first-order chi connectivity index (χ1) is 9.24. The van der Waals surface area contributed by atoms with Crippen molar-refractivity contribution in [3.8, 4) is 0 Å². The molecule has 104 valence electrons. The van der Waals surface area contributed by atoms with Crippen molar-refractivity contribution in [3.63, 3.8) is 0 Å². The lowest BCUT2D eigenvalue weighted by molar-refractivity contribution is 0.269. The molecule has 0 amide bonds. The number of nitrogens with one attached hydrogen (secondary N) is 1. The Hall–Kier alpha value is -1.82. The highest BCUT2D eigenvalue weighted by Gasteiger charge is 2.08. The van der Waals surface area contributed by atoms with Gasteiger partial charge in [0.2, 0.25) is 0 Å². The summed E-state index contributed by atoms with van der Waals surface area (Å²) in [4.78, 5) is 0. The molecular weight excluding hydrogens is 242 g/mol. The normalized spacial score (nSPS) is 12.6. The maximum Gasteiger partial charge on any atom is 0.148 e. The number of hydrogen-bond donors (Lipinski definition) is 2. The minimum atomic E-state index is 0.0991. The average molecular weight is 263 g/mol. The Morgan fingerprint density at radius 2 is 2.26 bits per heavy atom. The molecule has 19 heavy (non-hydrogen) atoms. The first-order valence-electron chi connectivity index (χ1n) is 6.65.